The standard InChI is InChI=1S/C30H54O4Si/c1-13-23(9)24(10)16-27-15-22(8)14-25(11)28(31)18-29(26(12)17-30(32)33-27)34-35(19(2)3,20(4)5)21(6)7/h17,19-22,24-25,27,29H,9,13-16,18H2,1-8,10-12H3/b26-17+/t22-,24+,25+,27?,29+/m0/s1. The van der Waals surface area contributed by atoms with Crippen LogP contribution in [0.1, 0.15) is 108 Å². The molecule has 1 aliphatic heterocycles. The highest BCUT2D eigenvalue weighted by atomic mass is 28.4. The first-order valence-electron chi connectivity index (χ1n) is 13.9. The number of carbonyl (C=O) groups is 2. The lowest BCUT2D eigenvalue weighted by Crippen LogP contribution is -2.51. The summed E-state index contributed by atoms with van der Waals surface area (Å²) in [4.78, 5) is 26.4. The molecule has 1 rings (SSSR count). The maximum Gasteiger partial charge on any atom is 0.331 e. The molecule has 0 radical (unpaired) electrons. The van der Waals surface area contributed by atoms with Gasteiger partial charge in [-0.2, -0.15) is 0 Å². The molecule has 5 heteroatoms. The molecule has 1 aliphatic rings. The van der Waals surface area contributed by atoms with Gasteiger partial charge in [0.2, 0.25) is 8.32 Å². The van der Waals surface area contributed by atoms with Gasteiger partial charge in [0, 0.05) is 18.4 Å². The number of hydrogen-bond donors (Lipinski definition) is 0. The minimum atomic E-state index is -2.24. The molecule has 5 atom stereocenters. The van der Waals surface area contributed by atoms with Crippen LogP contribution in [0.5, 0.6) is 0 Å². The minimum absolute atomic E-state index is 0.0454. The zero-order valence-corrected chi connectivity index (χ0v) is 25.6. The minimum Gasteiger partial charge on any atom is -0.459 e. The Hall–Kier alpha value is -1.20. The fourth-order valence-corrected chi connectivity index (χ4v) is 11.8. The molecule has 1 unspecified atom stereocenters. The second-order valence-corrected chi connectivity index (χ2v) is 17.6. The predicted octanol–water partition coefficient (Wildman–Crippen LogP) is 8.42. The van der Waals surface area contributed by atoms with Crippen molar-refractivity contribution in [2.24, 2.45) is 17.8 Å². The van der Waals surface area contributed by atoms with Crippen LogP contribution in [0.2, 0.25) is 16.6 Å². The molecule has 0 amide bonds. The Morgan fingerprint density at radius 1 is 1.06 bits per heavy atom. The highest BCUT2D eigenvalue weighted by molar-refractivity contribution is 6.77. The van der Waals surface area contributed by atoms with Crippen LogP contribution in [0.25, 0.3) is 0 Å². The third kappa shape index (κ3) is 8.70. The van der Waals surface area contributed by atoms with Crippen molar-refractivity contribution in [1.82, 2.24) is 0 Å². The van der Waals surface area contributed by atoms with E-state index in [9.17, 15) is 9.59 Å². The lowest BCUT2D eigenvalue weighted by molar-refractivity contribution is -0.145. The van der Waals surface area contributed by atoms with Crippen molar-refractivity contribution in [3.63, 3.8) is 0 Å². The van der Waals surface area contributed by atoms with Crippen LogP contribution >= 0.6 is 0 Å². The third-order valence-corrected chi connectivity index (χ3v) is 14.4. The SMILES string of the molecule is C=C(CC)[C@H](C)CC1C[C@@H](C)C[C@@H](C)C(=O)C[C@@H](O[Si](C(C)C)(C(C)C)C(C)C)/C(C)=C/C(=O)O1. The van der Waals surface area contributed by atoms with E-state index in [2.05, 4.69) is 68.9 Å². The third-order valence-electron chi connectivity index (χ3n) is 8.31. The van der Waals surface area contributed by atoms with E-state index >= 15 is 0 Å². The maximum absolute atomic E-state index is 13.4. The van der Waals surface area contributed by atoms with Crippen LogP contribution in [-0.2, 0) is 18.8 Å². The van der Waals surface area contributed by atoms with Gasteiger partial charge in [-0.1, -0.05) is 81.4 Å². The first-order valence-corrected chi connectivity index (χ1v) is 16.1. The van der Waals surface area contributed by atoms with Crippen molar-refractivity contribution in [3.05, 3.63) is 23.8 Å². The second-order valence-electron chi connectivity index (χ2n) is 12.2. The van der Waals surface area contributed by atoms with Crippen LogP contribution in [0.4, 0.5) is 0 Å². The number of esters is 1. The topological polar surface area (TPSA) is 52.6 Å². The van der Waals surface area contributed by atoms with Gasteiger partial charge in [-0.05, 0) is 66.6 Å². The van der Waals surface area contributed by atoms with Gasteiger partial charge >= 0.3 is 5.97 Å². The number of Topliss-reactive ketones (excluding diaryl/α,β-unsaturated/α-hetero) is 1. The van der Waals surface area contributed by atoms with E-state index in [1.807, 2.05) is 13.8 Å². The van der Waals surface area contributed by atoms with Gasteiger partial charge < -0.3 is 9.16 Å². The Morgan fingerprint density at radius 3 is 2.09 bits per heavy atom. The molecule has 0 bridgehead atoms. The average Bonchev–Trinajstić information content (AvgIpc) is 2.73. The van der Waals surface area contributed by atoms with Crippen LogP contribution in [0, 0.1) is 17.8 Å². The van der Waals surface area contributed by atoms with Gasteiger partial charge in [0.15, 0.2) is 0 Å². The first kappa shape index (κ1) is 31.8. The summed E-state index contributed by atoms with van der Waals surface area (Å²) in [5.41, 5.74) is 3.17. The summed E-state index contributed by atoms with van der Waals surface area (Å²) >= 11 is 0. The molecular weight excluding hydrogens is 452 g/mol. The summed E-state index contributed by atoms with van der Waals surface area (Å²) in [5.74, 6) is 0.429. The summed E-state index contributed by atoms with van der Waals surface area (Å²) in [6.07, 6.45) is 4.59. The van der Waals surface area contributed by atoms with E-state index < -0.39 is 8.32 Å². The Morgan fingerprint density at radius 2 is 1.60 bits per heavy atom. The molecule has 0 saturated heterocycles. The smallest absolute Gasteiger partial charge is 0.331 e. The molecule has 0 aromatic carbocycles. The lowest BCUT2D eigenvalue weighted by Gasteiger charge is -2.45. The van der Waals surface area contributed by atoms with Crippen molar-refractivity contribution < 1.29 is 18.8 Å². The van der Waals surface area contributed by atoms with E-state index in [1.54, 1.807) is 6.08 Å². The molecule has 0 aromatic heterocycles. The molecule has 0 fully saturated rings. The molecule has 0 aromatic rings. The monoisotopic (exact) mass is 506 g/mol. The number of rotatable bonds is 9. The molecule has 0 N–H and O–H groups in total. The van der Waals surface area contributed by atoms with Crippen molar-refractivity contribution in [2.45, 2.75) is 137 Å². The predicted molar refractivity (Wildman–Crippen MR) is 150 cm³/mol. The number of ketones is 1. The Kier molecular flexibility index (Phi) is 12.7. The van der Waals surface area contributed by atoms with E-state index in [0.717, 1.165) is 31.3 Å². The summed E-state index contributed by atoms with van der Waals surface area (Å²) < 4.78 is 13.1. The molecule has 0 saturated carbocycles. The lowest BCUT2D eigenvalue weighted by atomic mass is 9.85. The molecular formula is C30H54O4Si. The zero-order chi connectivity index (χ0) is 27.1. The van der Waals surface area contributed by atoms with E-state index in [0.29, 0.717) is 23.0 Å². The Bertz CT molecular complexity index is 730. The molecule has 0 spiro atoms. The fraction of sp³-hybridized carbons (Fsp3) is 0.800. The average molecular weight is 507 g/mol. The largest absolute Gasteiger partial charge is 0.459 e. The maximum atomic E-state index is 13.4. The number of hydrogen-bond acceptors (Lipinski definition) is 4. The highest BCUT2D eigenvalue weighted by Crippen LogP contribution is 2.44. The highest BCUT2D eigenvalue weighted by Gasteiger charge is 2.47. The van der Waals surface area contributed by atoms with Crippen molar-refractivity contribution in [1.29, 1.82) is 0 Å². The van der Waals surface area contributed by atoms with E-state index in [1.165, 1.54) is 5.57 Å². The van der Waals surface area contributed by atoms with Crippen LogP contribution in [0.15, 0.2) is 23.8 Å². The van der Waals surface area contributed by atoms with Crippen molar-refractivity contribution in [2.75, 3.05) is 0 Å². The van der Waals surface area contributed by atoms with Crippen molar-refractivity contribution >= 4 is 20.1 Å². The molecule has 202 valence electrons. The van der Waals surface area contributed by atoms with Gasteiger partial charge in [0.05, 0.1) is 6.10 Å². The summed E-state index contributed by atoms with van der Waals surface area (Å²) in [7, 11) is -2.24. The van der Waals surface area contributed by atoms with Crippen molar-refractivity contribution in [3.8, 4) is 0 Å². The summed E-state index contributed by atoms with van der Waals surface area (Å²) in [6.45, 7) is 28.1. The van der Waals surface area contributed by atoms with Gasteiger partial charge in [0.25, 0.3) is 0 Å². The Balaban J connectivity index is 3.38. The number of cyclic esters (lactones) is 1. The zero-order valence-electron chi connectivity index (χ0n) is 24.6. The van der Waals surface area contributed by atoms with E-state index in [4.69, 9.17) is 9.16 Å². The molecule has 4 nitrogen and oxygen atoms in total. The van der Waals surface area contributed by atoms with Crippen LogP contribution in [-0.4, -0.2) is 32.3 Å². The fourth-order valence-electron chi connectivity index (χ4n) is 6.19. The second kappa shape index (κ2) is 13.9. The van der Waals surface area contributed by atoms with Crippen LogP contribution < -0.4 is 0 Å². The normalized spacial score (nSPS) is 27.8. The summed E-state index contributed by atoms with van der Waals surface area (Å²) in [5, 5.41) is 0. The van der Waals surface area contributed by atoms with Gasteiger partial charge in [-0.3, -0.25) is 4.79 Å². The quantitative estimate of drug-likeness (QED) is 0.179. The first-order chi connectivity index (χ1) is 16.1. The summed E-state index contributed by atoms with van der Waals surface area (Å²) in [6, 6.07) is 0. The molecule has 35 heavy (non-hydrogen) atoms. The number of carbonyl (C=O) groups excluding carboxylic acids is 2. The van der Waals surface area contributed by atoms with E-state index in [-0.39, 0.29) is 41.7 Å². The van der Waals surface area contributed by atoms with Gasteiger partial charge in [0.1, 0.15) is 11.9 Å². The van der Waals surface area contributed by atoms with Crippen LogP contribution in [0.3, 0.4) is 0 Å². The number of allylic oxidation sites excluding steroid dienone is 1. The number of ether oxygens (including phenoxy) is 1. The Labute approximate surface area is 217 Å². The molecule has 0 aliphatic carbocycles. The van der Waals surface area contributed by atoms with Gasteiger partial charge in [-0.15, -0.1) is 0 Å². The van der Waals surface area contributed by atoms with Gasteiger partial charge in [-0.25, -0.2) is 4.79 Å². The molecule has 1 heterocycles.